The Labute approximate surface area is 117 Å². The molecule has 3 nitrogen and oxygen atoms in total. The van der Waals surface area contributed by atoms with Crippen LogP contribution in [0.1, 0.15) is 45.2 Å². The number of hydrogen-bond donors (Lipinski definition) is 1. The van der Waals surface area contributed by atoms with Crippen LogP contribution in [-0.2, 0) is 4.74 Å². The van der Waals surface area contributed by atoms with Gasteiger partial charge in [-0.1, -0.05) is 32.9 Å². The lowest BCUT2D eigenvalue weighted by Gasteiger charge is -2.11. The Balaban J connectivity index is 2.19. The smallest absolute Gasteiger partial charge is 0.119 e. The lowest BCUT2D eigenvalue weighted by Crippen LogP contribution is -2.10. The Morgan fingerprint density at radius 1 is 1.05 bits per heavy atom. The molecular weight excluding hydrogens is 238 g/mol. The maximum absolute atomic E-state index is 5.96. The Kier molecular flexibility index (Phi) is 7.53. The Hall–Kier alpha value is -1.06. The second kappa shape index (κ2) is 8.94. The van der Waals surface area contributed by atoms with E-state index in [1.165, 1.54) is 0 Å². The van der Waals surface area contributed by atoms with Crippen LogP contribution in [0.2, 0.25) is 0 Å². The quantitative estimate of drug-likeness (QED) is 0.695. The van der Waals surface area contributed by atoms with Crippen molar-refractivity contribution >= 4 is 0 Å². The molecule has 0 spiro atoms. The van der Waals surface area contributed by atoms with E-state index in [0.29, 0.717) is 19.1 Å². The minimum absolute atomic E-state index is 0.119. The van der Waals surface area contributed by atoms with E-state index in [-0.39, 0.29) is 6.04 Å². The Morgan fingerprint density at radius 2 is 1.74 bits per heavy atom. The van der Waals surface area contributed by atoms with Crippen LogP contribution in [-0.4, -0.2) is 19.8 Å². The minimum Gasteiger partial charge on any atom is -0.491 e. The molecule has 108 valence electrons. The fourth-order valence-electron chi connectivity index (χ4n) is 1.69. The lowest BCUT2D eigenvalue weighted by atomic mass is 10.1. The van der Waals surface area contributed by atoms with E-state index in [1.807, 2.05) is 24.3 Å². The van der Waals surface area contributed by atoms with Gasteiger partial charge in [-0.05, 0) is 36.5 Å². The molecule has 0 bridgehead atoms. The van der Waals surface area contributed by atoms with Gasteiger partial charge in [-0.2, -0.15) is 0 Å². The van der Waals surface area contributed by atoms with E-state index in [0.717, 1.165) is 30.8 Å². The Bertz CT molecular complexity index is 335. The summed E-state index contributed by atoms with van der Waals surface area (Å²) in [5, 5.41) is 0. The maximum Gasteiger partial charge on any atom is 0.119 e. The van der Waals surface area contributed by atoms with Gasteiger partial charge in [0, 0.05) is 12.6 Å². The summed E-state index contributed by atoms with van der Waals surface area (Å²) in [5.74, 6) is 1.57. The van der Waals surface area contributed by atoms with Gasteiger partial charge < -0.3 is 15.2 Å². The third-order valence-electron chi connectivity index (χ3n) is 3.08. The van der Waals surface area contributed by atoms with Crippen molar-refractivity contribution in [1.29, 1.82) is 0 Å². The molecule has 0 aliphatic carbocycles. The van der Waals surface area contributed by atoms with Gasteiger partial charge in [0.1, 0.15) is 12.4 Å². The predicted octanol–water partition coefficient (Wildman–Crippen LogP) is 3.54. The van der Waals surface area contributed by atoms with Crippen LogP contribution in [0.25, 0.3) is 0 Å². The van der Waals surface area contributed by atoms with E-state index < -0.39 is 0 Å². The third kappa shape index (κ3) is 6.60. The van der Waals surface area contributed by atoms with Gasteiger partial charge in [0.15, 0.2) is 0 Å². The summed E-state index contributed by atoms with van der Waals surface area (Å²) in [7, 11) is 0. The number of nitrogens with two attached hydrogens (primary N) is 1. The van der Waals surface area contributed by atoms with Crippen LogP contribution in [0.15, 0.2) is 24.3 Å². The third-order valence-corrected chi connectivity index (χ3v) is 3.08. The van der Waals surface area contributed by atoms with Crippen molar-refractivity contribution in [3.05, 3.63) is 29.8 Å². The molecule has 1 rings (SSSR count). The van der Waals surface area contributed by atoms with Gasteiger partial charge in [0.25, 0.3) is 0 Å². The average Bonchev–Trinajstić information content (AvgIpc) is 2.42. The molecule has 0 saturated heterocycles. The highest BCUT2D eigenvalue weighted by Gasteiger charge is 2.02. The zero-order valence-electron chi connectivity index (χ0n) is 12.4. The van der Waals surface area contributed by atoms with Crippen molar-refractivity contribution in [3.63, 3.8) is 0 Å². The van der Waals surface area contributed by atoms with Crippen molar-refractivity contribution in [2.24, 2.45) is 11.7 Å². The normalized spacial score (nSPS) is 12.7. The van der Waals surface area contributed by atoms with E-state index in [1.54, 1.807) is 0 Å². The van der Waals surface area contributed by atoms with Crippen molar-refractivity contribution < 1.29 is 9.47 Å². The summed E-state index contributed by atoms with van der Waals surface area (Å²) in [6, 6.07) is 8.12. The maximum atomic E-state index is 5.96. The van der Waals surface area contributed by atoms with Gasteiger partial charge in [-0.3, -0.25) is 0 Å². The topological polar surface area (TPSA) is 44.5 Å². The summed E-state index contributed by atoms with van der Waals surface area (Å²) in [4.78, 5) is 0. The second-order valence-electron chi connectivity index (χ2n) is 5.23. The van der Waals surface area contributed by atoms with Gasteiger partial charge in [0.05, 0.1) is 6.61 Å². The summed E-state index contributed by atoms with van der Waals surface area (Å²) in [6.45, 7) is 8.53. The monoisotopic (exact) mass is 265 g/mol. The summed E-state index contributed by atoms with van der Waals surface area (Å²) in [5.41, 5.74) is 7.12. The van der Waals surface area contributed by atoms with Gasteiger partial charge in [0.2, 0.25) is 0 Å². The fourth-order valence-corrected chi connectivity index (χ4v) is 1.69. The van der Waals surface area contributed by atoms with Crippen LogP contribution in [0.5, 0.6) is 5.75 Å². The first-order valence-corrected chi connectivity index (χ1v) is 7.19. The van der Waals surface area contributed by atoms with Crippen LogP contribution in [0.3, 0.4) is 0 Å². The summed E-state index contributed by atoms with van der Waals surface area (Å²) in [6.07, 6.45) is 2.05. The molecule has 0 aromatic heterocycles. The van der Waals surface area contributed by atoms with E-state index in [2.05, 4.69) is 20.8 Å². The minimum atomic E-state index is 0.119. The molecule has 0 unspecified atom stereocenters. The van der Waals surface area contributed by atoms with Crippen LogP contribution in [0, 0.1) is 5.92 Å². The average molecular weight is 265 g/mol. The first kappa shape index (κ1) is 16.0. The zero-order valence-corrected chi connectivity index (χ0v) is 12.4. The molecule has 0 amide bonds. The van der Waals surface area contributed by atoms with E-state index in [9.17, 15) is 0 Å². The van der Waals surface area contributed by atoms with Crippen molar-refractivity contribution in [3.8, 4) is 5.75 Å². The molecule has 2 N–H and O–H groups in total. The highest BCUT2D eigenvalue weighted by Crippen LogP contribution is 2.18. The Morgan fingerprint density at radius 3 is 2.32 bits per heavy atom. The number of rotatable bonds is 9. The van der Waals surface area contributed by atoms with Crippen LogP contribution >= 0.6 is 0 Å². The number of benzene rings is 1. The highest BCUT2D eigenvalue weighted by atomic mass is 16.5. The molecule has 0 heterocycles. The van der Waals surface area contributed by atoms with Crippen molar-refractivity contribution in [2.75, 3.05) is 19.8 Å². The fraction of sp³-hybridized carbons (Fsp3) is 0.625. The summed E-state index contributed by atoms with van der Waals surface area (Å²) >= 11 is 0. The van der Waals surface area contributed by atoms with E-state index >= 15 is 0 Å². The van der Waals surface area contributed by atoms with E-state index in [4.69, 9.17) is 15.2 Å². The molecule has 1 aromatic rings. The van der Waals surface area contributed by atoms with Crippen LogP contribution < -0.4 is 10.5 Å². The van der Waals surface area contributed by atoms with Gasteiger partial charge in [-0.15, -0.1) is 0 Å². The molecule has 0 aliphatic rings. The predicted molar refractivity (Wildman–Crippen MR) is 79.4 cm³/mol. The second-order valence-corrected chi connectivity index (χ2v) is 5.23. The number of hydrogen-bond acceptors (Lipinski definition) is 3. The lowest BCUT2D eigenvalue weighted by molar-refractivity contribution is 0.0926. The SMILES string of the molecule is CC[C@@H](N)c1ccc(OCCOCCC(C)C)cc1. The van der Waals surface area contributed by atoms with Crippen LogP contribution in [0.4, 0.5) is 0 Å². The standard InChI is InChI=1S/C16H27NO2/c1-4-16(17)14-5-7-15(8-6-14)19-12-11-18-10-9-13(2)3/h5-8,13,16H,4,9-12,17H2,1-3H3/t16-/m1/s1. The van der Waals surface area contributed by atoms with Gasteiger partial charge >= 0.3 is 0 Å². The molecule has 19 heavy (non-hydrogen) atoms. The molecule has 3 heteroatoms. The van der Waals surface area contributed by atoms with Crippen molar-refractivity contribution in [2.45, 2.75) is 39.7 Å². The first-order chi connectivity index (χ1) is 9.13. The number of ether oxygens (including phenoxy) is 2. The zero-order chi connectivity index (χ0) is 14.1. The molecule has 0 saturated carbocycles. The molecular formula is C16H27NO2. The molecule has 1 atom stereocenters. The summed E-state index contributed by atoms with van der Waals surface area (Å²) < 4.78 is 11.1. The molecule has 0 fully saturated rings. The molecule has 1 aromatic carbocycles. The first-order valence-electron chi connectivity index (χ1n) is 7.19. The van der Waals surface area contributed by atoms with Crippen molar-refractivity contribution in [1.82, 2.24) is 0 Å². The molecule has 0 radical (unpaired) electrons. The highest BCUT2D eigenvalue weighted by molar-refractivity contribution is 5.28. The van der Waals surface area contributed by atoms with Gasteiger partial charge in [-0.25, -0.2) is 0 Å². The molecule has 0 aliphatic heterocycles. The largest absolute Gasteiger partial charge is 0.491 e.